The first-order chi connectivity index (χ1) is 12.3. The topological polar surface area (TPSA) is 94.1 Å². The van der Waals surface area contributed by atoms with Gasteiger partial charge in [-0.2, -0.15) is 8.42 Å². The number of hydrogen-bond acceptors (Lipinski definition) is 7. The molecule has 2 aromatic carbocycles. The Bertz CT molecular complexity index is 820. The van der Waals surface area contributed by atoms with Gasteiger partial charge in [-0.25, -0.2) is 0 Å². The predicted octanol–water partition coefficient (Wildman–Crippen LogP) is 1.87. The van der Waals surface area contributed by atoms with Crippen LogP contribution in [0.1, 0.15) is 17.2 Å². The van der Waals surface area contributed by atoms with Crippen molar-refractivity contribution in [1.82, 2.24) is 5.32 Å². The molecule has 1 atom stereocenters. The minimum atomic E-state index is -3.56. The van der Waals surface area contributed by atoms with Gasteiger partial charge in [0, 0.05) is 24.7 Å². The molecule has 0 saturated heterocycles. The molecule has 0 saturated carbocycles. The summed E-state index contributed by atoms with van der Waals surface area (Å²) in [5.41, 5.74) is 1.59. The van der Waals surface area contributed by atoms with E-state index in [2.05, 4.69) is 5.32 Å². The number of rotatable bonds is 9. The van der Waals surface area contributed by atoms with Crippen molar-refractivity contribution in [2.75, 3.05) is 27.0 Å². The molecule has 0 aliphatic rings. The van der Waals surface area contributed by atoms with Crippen molar-refractivity contribution >= 4 is 10.1 Å². The summed E-state index contributed by atoms with van der Waals surface area (Å²) in [6, 6.07) is 11.8. The Kier molecular flexibility index (Phi) is 6.84. The van der Waals surface area contributed by atoms with Gasteiger partial charge in [0.2, 0.25) is 0 Å². The third kappa shape index (κ3) is 5.91. The lowest BCUT2D eigenvalue weighted by molar-refractivity contribution is 0.174. The Morgan fingerprint density at radius 3 is 2.27 bits per heavy atom. The van der Waals surface area contributed by atoms with E-state index in [1.165, 1.54) is 12.1 Å². The molecule has 2 aromatic rings. The van der Waals surface area contributed by atoms with Crippen LogP contribution in [-0.2, 0) is 16.7 Å². The van der Waals surface area contributed by atoms with Gasteiger partial charge in [0.05, 0.1) is 26.6 Å². The van der Waals surface area contributed by atoms with Crippen LogP contribution in [-0.4, -0.2) is 40.5 Å². The van der Waals surface area contributed by atoms with Gasteiger partial charge in [0.25, 0.3) is 0 Å². The van der Waals surface area contributed by atoms with Crippen molar-refractivity contribution in [2.24, 2.45) is 0 Å². The van der Waals surface area contributed by atoms with Crippen LogP contribution in [0.4, 0.5) is 0 Å². The molecule has 0 heterocycles. The number of hydrogen-bond donors (Lipinski definition) is 2. The molecule has 1 unspecified atom stereocenters. The summed E-state index contributed by atoms with van der Waals surface area (Å²) in [5.74, 6) is 1.62. The van der Waals surface area contributed by atoms with Crippen LogP contribution in [0.3, 0.4) is 0 Å². The lowest BCUT2D eigenvalue weighted by Gasteiger charge is -2.15. The third-order valence-corrected chi connectivity index (χ3v) is 4.16. The molecule has 8 heteroatoms. The number of aliphatic hydroxyl groups is 1. The van der Waals surface area contributed by atoms with Gasteiger partial charge in [0.15, 0.2) is 0 Å². The molecule has 0 aliphatic carbocycles. The highest BCUT2D eigenvalue weighted by Gasteiger charge is 2.10. The molecule has 2 rings (SSSR count). The summed E-state index contributed by atoms with van der Waals surface area (Å²) in [6.45, 7) is 0.834. The maximum atomic E-state index is 11.1. The van der Waals surface area contributed by atoms with Gasteiger partial charge in [-0.05, 0) is 23.8 Å². The molecule has 0 bridgehead atoms. The van der Waals surface area contributed by atoms with E-state index in [0.717, 1.165) is 11.8 Å². The van der Waals surface area contributed by atoms with Gasteiger partial charge < -0.3 is 24.1 Å². The van der Waals surface area contributed by atoms with E-state index in [4.69, 9.17) is 13.7 Å². The smallest absolute Gasteiger partial charge is 0.306 e. The standard InChI is InChI=1S/C18H23NO6S/c1-23-16-9-6-14(18(10-16)24-2)11-19-12-17(20)13-4-7-15(8-5-13)25-26(3,21)22/h4-10,17,19-20H,11-12H2,1-3H3. The highest BCUT2D eigenvalue weighted by molar-refractivity contribution is 7.86. The van der Waals surface area contributed by atoms with Crippen molar-refractivity contribution in [3.05, 3.63) is 53.6 Å². The second kappa shape index (κ2) is 8.88. The van der Waals surface area contributed by atoms with Crippen LogP contribution in [0, 0.1) is 0 Å². The van der Waals surface area contributed by atoms with Crippen molar-refractivity contribution in [3.8, 4) is 17.2 Å². The fourth-order valence-electron chi connectivity index (χ4n) is 2.38. The Balaban J connectivity index is 1.91. The van der Waals surface area contributed by atoms with Gasteiger partial charge in [-0.3, -0.25) is 0 Å². The second-order valence-electron chi connectivity index (χ2n) is 5.68. The normalized spacial score (nSPS) is 12.5. The predicted molar refractivity (Wildman–Crippen MR) is 98.1 cm³/mol. The van der Waals surface area contributed by atoms with E-state index in [1.807, 2.05) is 12.1 Å². The minimum absolute atomic E-state index is 0.208. The highest BCUT2D eigenvalue weighted by atomic mass is 32.2. The summed E-state index contributed by atoms with van der Waals surface area (Å²) in [6.07, 6.45) is 0.235. The van der Waals surface area contributed by atoms with Gasteiger partial charge >= 0.3 is 10.1 Å². The van der Waals surface area contributed by atoms with Gasteiger partial charge in [-0.1, -0.05) is 18.2 Å². The van der Waals surface area contributed by atoms with Crippen molar-refractivity contribution < 1.29 is 27.2 Å². The number of benzene rings is 2. The Labute approximate surface area is 153 Å². The zero-order valence-corrected chi connectivity index (χ0v) is 15.7. The summed E-state index contributed by atoms with van der Waals surface area (Å²) < 4.78 is 37.4. The average Bonchev–Trinajstić information content (AvgIpc) is 2.61. The maximum Gasteiger partial charge on any atom is 0.306 e. The Morgan fingerprint density at radius 2 is 1.69 bits per heavy atom. The first kappa shape index (κ1) is 20.0. The van der Waals surface area contributed by atoms with Gasteiger partial charge in [0.1, 0.15) is 17.2 Å². The van der Waals surface area contributed by atoms with Crippen LogP contribution in [0.25, 0.3) is 0 Å². The van der Waals surface area contributed by atoms with E-state index in [-0.39, 0.29) is 5.75 Å². The highest BCUT2D eigenvalue weighted by Crippen LogP contribution is 2.24. The molecule has 7 nitrogen and oxygen atoms in total. The van der Waals surface area contributed by atoms with E-state index in [0.29, 0.717) is 30.2 Å². The minimum Gasteiger partial charge on any atom is -0.497 e. The molecule has 0 aromatic heterocycles. The average molecular weight is 381 g/mol. The number of methoxy groups -OCH3 is 2. The number of ether oxygens (including phenoxy) is 2. The summed E-state index contributed by atoms with van der Waals surface area (Å²) >= 11 is 0. The van der Waals surface area contributed by atoms with Crippen molar-refractivity contribution in [2.45, 2.75) is 12.6 Å². The Hall–Kier alpha value is -2.29. The van der Waals surface area contributed by atoms with Crippen LogP contribution >= 0.6 is 0 Å². The molecule has 142 valence electrons. The van der Waals surface area contributed by atoms with Crippen molar-refractivity contribution in [1.29, 1.82) is 0 Å². The van der Waals surface area contributed by atoms with Crippen molar-refractivity contribution in [3.63, 3.8) is 0 Å². The van der Waals surface area contributed by atoms with E-state index < -0.39 is 16.2 Å². The molecule has 0 aliphatic heterocycles. The number of nitrogens with one attached hydrogen (secondary N) is 1. The molecule has 2 N–H and O–H groups in total. The third-order valence-electron chi connectivity index (χ3n) is 3.66. The fraction of sp³-hybridized carbons (Fsp3) is 0.333. The van der Waals surface area contributed by atoms with Crippen LogP contribution in [0.15, 0.2) is 42.5 Å². The molecular weight excluding hydrogens is 358 g/mol. The Morgan fingerprint density at radius 1 is 1.04 bits per heavy atom. The van der Waals surface area contributed by atoms with Gasteiger partial charge in [-0.15, -0.1) is 0 Å². The van der Waals surface area contributed by atoms with Crippen LogP contribution in [0.5, 0.6) is 17.2 Å². The summed E-state index contributed by atoms with van der Waals surface area (Å²) in [7, 11) is -0.379. The lowest BCUT2D eigenvalue weighted by atomic mass is 10.1. The first-order valence-electron chi connectivity index (χ1n) is 7.91. The molecule has 0 fully saturated rings. The molecule has 26 heavy (non-hydrogen) atoms. The monoisotopic (exact) mass is 381 g/mol. The SMILES string of the molecule is COc1ccc(CNCC(O)c2ccc(OS(C)(=O)=O)cc2)c(OC)c1. The summed E-state index contributed by atoms with van der Waals surface area (Å²) in [4.78, 5) is 0. The van der Waals surface area contributed by atoms with E-state index in [1.54, 1.807) is 32.4 Å². The maximum absolute atomic E-state index is 11.1. The fourth-order valence-corrected chi connectivity index (χ4v) is 2.84. The molecule has 0 amide bonds. The second-order valence-corrected chi connectivity index (χ2v) is 7.26. The van der Waals surface area contributed by atoms with Crippen LogP contribution in [0.2, 0.25) is 0 Å². The zero-order chi connectivity index (χ0) is 19.2. The van der Waals surface area contributed by atoms with Crippen LogP contribution < -0.4 is 19.0 Å². The zero-order valence-electron chi connectivity index (χ0n) is 14.9. The van der Waals surface area contributed by atoms with E-state index in [9.17, 15) is 13.5 Å². The number of aliphatic hydroxyl groups excluding tert-OH is 1. The molecule has 0 radical (unpaired) electrons. The summed E-state index contributed by atoms with van der Waals surface area (Å²) in [5, 5.41) is 13.4. The molecule has 0 spiro atoms. The van der Waals surface area contributed by atoms with E-state index >= 15 is 0 Å². The molecular formula is C18H23NO6S. The quantitative estimate of drug-likeness (QED) is 0.640. The lowest BCUT2D eigenvalue weighted by Crippen LogP contribution is -2.21. The first-order valence-corrected chi connectivity index (χ1v) is 9.73. The largest absolute Gasteiger partial charge is 0.497 e.